The third-order valence-electron chi connectivity index (χ3n) is 0.586. The van der Waals surface area contributed by atoms with E-state index in [0.29, 0.717) is 5.95 Å². The molecule has 1 aromatic rings. The number of anilines is 1. The van der Waals surface area contributed by atoms with Gasteiger partial charge in [0.1, 0.15) is 0 Å². The van der Waals surface area contributed by atoms with Crippen molar-refractivity contribution < 1.29 is 20.3 Å². The van der Waals surface area contributed by atoms with Crippen LogP contribution in [0.25, 0.3) is 0 Å². The van der Waals surface area contributed by atoms with Crippen LogP contribution in [0.4, 0.5) is 5.95 Å². The number of nitrogens with zero attached hydrogens (tertiary/aromatic N) is 2. The molecule has 0 radical (unpaired) electrons. The van der Waals surface area contributed by atoms with Crippen LogP contribution in [0.1, 0.15) is 1.43 Å². The predicted octanol–water partition coefficient (Wildman–Crippen LogP) is -2.82. The number of hydrogen-bond donors (Lipinski definition) is 1. The van der Waals surface area contributed by atoms with E-state index in [1.54, 1.807) is 18.5 Å². The van der Waals surface area contributed by atoms with E-state index in [-0.39, 0.29) is 20.3 Å². The zero-order valence-electron chi connectivity index (χ0n) is 5.70. The summed E-state index contributed by atoms with van der Waals surface area (Å²) in [6.07, 6.45) is 3.20. The first-order valence-electron chi connectivity index (χ1n) is 1.92. The number of hydrogen-bond acceptors (Lipinski definition) is 3. The van der Waals surface area contributed by atoms with Gasteiger partial charge in [-0.1, -0.05) is 0 Å². The van der Waals surface area contributed by atoms with Crippen molar-refractivity contribution in [2.45, 2.75) is 0 Å². The van der Waals surface area contributed by atoms with Gasteiger partial charge in [0.2, 0.25) is 5.95 Å². The molecular formula is C4H6LiN3. The standard InChI is InChI=1S/C4H5N3.Li.H/c5-4-6-2-1-3-7-4;;/h1-3H,(H2,5,6,7);;/q;+1;-1. The minimum Gasteiger partial charge on any atom is -1.00 e. The average Bonchev–Trinajstić information content (AvgIpc) is 1.69. The van der Waals surface area contributed by atoms with Crippen LogP contribution in [0.15, 0.2) is 18.5 Å². The van der Waals surface area contributed by atoms with Crippen LogP contribution in [-0.4, -0.2) is 9.97 Å². The first-order chi connectivity index (χ1) is 3.39. The molecule has 0 fully saturated rings. The van der Waals surface area contributed by atoms with E-state index in [1.165, 1.54) is 0 Å². The van der Waals surface area contributed by atoms with Gasteiger partial charge in [-0.25, -0.2) is 9.97 Å². The molecule has 0 aliphatic rings. The summed E-state index contributed by atoms with van der Waals surface area (Å²) >= 11 is 0. The summed E-state index contributed by atoms with van der Waals surface area (Å²) in [6.45, 7) is 0. The molecule has 1 rings (SSSR count). The number of nitrogen functional groups attached to an aromatic ring is 1. The van der Waals surface area contributed by atoms with Crippen LogP contribution >= 0.6 is 0 Å². The molecule has 4 heteroatoms. The summed E-state index contributed by atoms with van der Waals surface area (Å²) in [5.74, 6) is 0.322. The topological polar surface area (TPSA) is 51.8 Å². The van der Waals surface area contributed by atoms with Gasteiger partial charge in [-0.2, -0.15) is 0 Å². The fraction of sp³-hybridized carbons (Fsp3) is 0. The normalized spacial score (nSPS) is 7.50. The van der Waals surface area contributed by atoms with Gasteiger partial charge in [0, 0.05) is 12.4 Å². The Labute approximate surface area is 61.0 Å². The molecule has 0 aliphatic carbocycles. The van der Waals surface area contributed by atoms with E-state index >= 15 is 0 Å². The molecule has 0 bridgehead atoms. The molecule has 0 unspecified atom stereocenters. The second kappa shape index (κ2) is 3.48. The average molecular weight is 103 g/mol. The molecule has 8 heavy (non-hydrogen) atoms. The van der Waals surface area contributed by atoms with Crippen molar-refractivity contribution in [3.05, 3.63) is 18.5 Å². The Morgan fingerprint density at radius 2 is 1.88 bits per heavy atom. The fourth-order valence-electron chi connectivity index (χ4n) is 0.311. The van der Waals surface area contributed by atoms with Crippen molar-refractivity contribution in [2.24, 2.45) is 0 Å². The molecule has 0 saturated heterocycles. The molecule has 0 atom stereocenters. The Bertz CT molecular complexity index is 146. The zero-order valence-corrected chi connectivity index (χ0v) is 4.70. The molecule has 0 amide bonds. The molecule has 0 spiro atoms. The Kier molecular flexibility index (Phi) is 3.25. The summed E-state index contributed by atoms with van der Waals surface area (Å²) < 4.78 is 0. The van der Waals surface area contributed by atoms with E-state index in [2.05, 4.69) is 9.97 Å². The maximum absolute atomic E-state index is 5.14. The van der Waals surface area contributed by atoms with Crippen molar-refractivity contribution in [3.8, 4) is 0 Å². The van der Waals surface area contributed by atoms with Gasteiger partial charge in [-0.05, 0) is 6.07 Å². The van der Waals surface area contributed by atoms with Gasteiger partial charge in [-0.3, -0.25) is 0 Å². The van der Waals surface area contributed by atoms with E-state index in [0.717, 1.165) is 0 Å². The molecule has 2 N–H and O–H groups in total. The monoisotopic (exact) mass is 103 g/mol. The van der Waals surface area contributed by atoms with Gasteiger partial charge in [0.15, 0.2) is 0 Å². The first kappa shape index (κ1) is 7.48. The maximum atomic E-state index is 5.14. The Morgan fingerprint density at radius 1 is 1.38 bits per heavy atom. The van der Waals surface area contributed by atoms with E-state index in [4.69, 9.17) is 5.73 Å². The first-order valence-corrected chi connectivity index (χ1v) is 1.92. The van der Waals surface area contributed by atoms with E-state index in [9.17, 15) is 0 Å². The van der Waals surface area contributed by atoms with Crippen LogP contribution < -0.4 is 24.6 Å². The SMILES string of the molecule is Nc1ncccn1.[H-].[Li+]. The van der Waals surface area contributed by atoms with E-state index < -0.39 is 0 Å². The van der Waals surface area contributed by atoms with Crippen molar-refractivity contribution in [1.82, 2.24) is 9.97 Å². The molecule has 0 saturated carbocycles. The second-order valence-electron chi connectivity index (χ2n) is 1.11. The van der Waals surface area contributed by atoms with Crippen molar-refractivity contribution in [2.75, 3.05) is 5.73 Å². The van der Waals surface area contributed by atoms with Crippen LogP contribution in [0, 0.1) is 0 Å². The summed E-state index contributed by atoms with van der Waals surface area (Å²) in [7, 11) is 0. The second-order valence-corrected chi connectivity index (χ2v) is 1.11. The predicted molar refractivity (Wildman–Crippen MR) is 27.6 cm³/mol. The summed E-state index contributed by atoms with van der Waals surface area (Å²) in [5, 5.41) is 0. The Balaban J connectivity index is 0. The van der Waals surface area contributed by atoms with Crippen LogP contribution in [0.5, 0.6) is 0 Å². The van der Waals surface area contributed by atoms with Gasteiger partial charge in [0.25, 0.3) is 0 Å². The van der Waals surface area contributed by atoms with E-state index in [1.807, 2.05) is 0 Å². The Hall–Kier alpha value is -0.523. The van der Waals surface area contributed by atoms with Crippen LogP contribution in [0.2, 0.25) is 0 Å². The fourth-order valence-corrected chi connectivity index (χ4v) is 0.311. The number of rotatable bonds is 0. The summed E-state index contributed by atoms with van der Waals surface area (Å²) in [6, 6.07) is 1.72. The molecule has 3 nitrogen and oxygen atoms in total. The molecular weight excluding hydrogens is 97.0 g/mol. The minimum absolute atomic E-state index is 0. The van der Waals surface area contributed by atoms with Crippen LogP contribution in [0.3, 0.4) is 0 Å². The van der Waals surface area contributed by atoms with Gasteiger partial charge in [0.05, 0.1) is 0 Å². The molecule has 0 aliphatic heterocycles. The Morgan fingerprint density at radius 3 is 2.12 bits per heavy atom. The van der Waals surface area contributed by atoms with Gasteiger partial charge < -0.3 is 7.16 Å². The number of aromatic nitrogens is 2. The van der Waals surface area contributed by atoms with Crippen molar-refractivity contribution in [3.63, 3.8) is 0 Å². The summed E-state index contributed by atoms with van der Waals surface area (Å²) in [5.41, 5.74) is 5.14. The van der Waals surface area contributed by atoms with Gasteiger partial charge >= 0.3 is 18.9 Å². The minimum atomic E-state index is 0. The third kappa shape index (κ3) is 1.96. The molecule has 0 aromatic carbocycles. The number of nitrogens with two attached hydrogens (primary N) is 1. The maximum Gasteiger partial charge on any atom is 1.00 e. The molecule has 1 aromatic heterocycles. The summed E-state index contributed by atoms with van der Waals surface area (Å²) in [4.78, 5) is 7.29. The molecule has 1 heterocycles. The quantitative estimate of drug-likeness (QED) is 0.360. The smallest absolute Gasteiger partial charge is 1.00 e. The third-order valence-corrected chi connectivity index (χ3v) is 0.586. The largest absolute Gasteiger partial charge is 1.00 e. The zero-order chi connectivity index (χ0) is 5.11. The van der Waals surface area contributed by atoms with Crippen molar-refractivity contribution in [1.29, 1.82) is 0 Å². The van der Waals surface area contributed by atoms with Gasteiger partial charge in [-0.15, -0.1) is 0 Å². The van der Waals surface area contributed by atoms with Crippen LogP contribution in [-0.2, 0) is 0 Å². The molecule has 38 valence electrons. The van der Waals surface area contributed by atoms with Crippen molar-refractivity contribution >= 4 is 5.95 Å².